The number of thiophene rings is 1. The fraction of sp³-hybridized carbons (Fsp3) is 0.700. The van der Waals surface area contributed by atoms with Crippen molar-refractivity contribution in [2.24, 2.45) is 0 Å². The summed E-state index contributed by atoms with van der Waals surface area (Å²) < 4.78 is 1.95. The van der Waals surface area contributed by atoms with Crippen LogP contribution in [0.4, 0.5) is 0 Å². The van der Waals surface area contributed by atoms with Gasteiger partial charge in [0.25, 0.3) is 5.56 Å². The Kier molecular flexibility index (Phi) is 7.63. The van der Waals surface area contributed by atoms with E-state index in [9.17, 15) is 4.79 Å². The lowest BCUT2D eigenvalue weighted by molar-refractivity contribution is 0.281. The highest BCUT2D eigenvalue weighted by molar-refractivity contribution is 7.18. The zero-order chi connectivity index (χ0) is 18.4. The van der Waals surface area contributed by atoms with Crippen LogP contribution in [0.25, 0.3) is 10.2 Å². The van der Waals surface area contributed by atoms with Gasteiger partial charge in [-0.25, -0.2) is 4.98 Å². The Labute approximate surface area is 155 Å². The lowest BCUT2D eigenvalue weighted by Gasteiger charge is -2.20. The molecule has 0 spiro atoms. The Morgan fingerprint density at radius 3 is 2.36 bits per heavy atom. The van der Waals surface area contributed by atoms with Crippen LogP contribution in [0.5, 0.6) is 0 Å². The normalized spacial score (nSPS) is 11.8. The first-order valence-electron chi connectivity index (χ1n) is 9.75. The molecule has 0 aromatic carbocycles. The molecule has 0 unspecified atom stereocenters. The first-order chi connectivity index (χ1) is 12.0. The van der Waals surface area contributed by atoms with Crippen molar-refractivity contribution in [3.05, 3.63) is 26.6 Å². The van der Waals surface area contributed by atoms with E-state index in [1.807, 2.05) is 11.5 Å². The van der Waals surface area contributed by atoms with Crippen LogP contribution in [0.1, 0.15) is 69.1 Å². The van der Waals surface area contributed by atoms with E-state index in [0.29, 0.717) is 0 Å². The third-order valence-electron chi connectivity index (χ3n) is 5.11. The molecular formula is C20H33N3OS. The SMILES string of the molecule is CCCCCCCn1c(CN(CC)CC)nc2sc(C)c(C)c2c1=O. The molecule has 0 amide bonds. The third-order valence-corrected chi connectivity index (χ3v) is 6.21. The maximum Gasteiger partial charge on any atom is 0.262 e. The molecule has 0 radical (unpaired) electrons. The van der Waals surface area contributed by atoms with Gasteiger partial charge in [0.2, 0.25) is 0 Å². The number of hydrogen-bond donors (Lipinski definition) is 0. The topological polar surface area (TPSA) is 38.1 Å². The van der Waals surface area contributed by atoms with Gasteiger partial charge in [0.15, 0.2) is 0 Å². The summed E-state index contributed by atoms with van der Waals surface area (Å²) >= 11 is 1.65. The van der Waals surface area contributed by atoms with Crippen molar-refractivity contribution >= 4 is 21.6 Å². The third kappa shape index (κ3) is 4.70. The summed E-state index contributed by atoms with van der Waals surface area (Å²) in [5.74, 6) is 0.929. The summed E-state index contributed by atoms with van der Waals surface area (Å²) in [6, 6.07) is 0. The summed E-state index contributed by atoms with van der Waals surface area (Å²) in [6.45, 7) is 14.2. The number of hydrogen-bond acceptors (Lipinski definition) is 4. The quantitative estimate of drug-likeness (QED) is 0.564. The number of rotatable bonds is 10. The van der Waals surface area contributed by atoms with E-state index >= 15 is 0 Å². The van der Waals surface area contributed by atoms with Crippen molar-refractivity contribution in [2.75, 3.05) is 13.1 Å². The van der Waals surface area contributed by atoms with Crippen molar-refractivity contribution in [2.45, 2.75) is 79.8 Å². The first-order valence-corrected chi connectivity index (χ1v) is 10.6. The average molecular weight is 364 g/mol. The minimum Gasteiger partial charge on any atom is -0.297 e. The van der Waals surface area contributed by atoms with Gasteiger partial charge in [-0.1, -0.05) is 46.5 Å². The Morgan fingerprint density at radius 2 is 1.72 bits per heavy atom. The molecule has 4 nitrogen and oxygen atoms in total. The highest BCUT2D eigenvalue weighted by Crippen LogP contribution is 2.26. The predicted octanol–water partition coefficient (Wildman–Crippen LogP) is 4.89. The van der Waals surface area contributed by atoms with Crippen molar-refractivity contribution in [1.29, 1.82) is 0 Å². The standard InChI is InChI=1S/C20H33N3OS/c1-6-9-10-11-12-13-23-17(14-22(7-2)8-3)21-19-18(20(23)24)15(4)16(5)25-19/h6-14H2,1-5H3. The van der Waals surface area contributed by atoms with Crippen LogP contribution in [-0.2, 0) is 13.1 Å². The van der Waals surface area contributed by atoms with Gasteiger partial charge >= 0.3 is 0 Å². The summed E-state index contributed by atoms with van der Waals surface area (Å²) in [5.41, 5.74) is 1.26. The number of nitrogens with zero attached hydrogens (tertiary/aromatic N) is 3. The molecule has 0 aliphatic heterocycles. The minimum absolute atomic E-state index is 0.157. The molecule has 5 heteroatoms. The van der Waals surface area contributed by atoms with Gasteiger partial charge in [-0.15, -0.1) is 11.3 Å². The van der Waals surface area contributed by atoms with E-state index in [-0.39, 0.29) is 5.56 Å². The zero-order valence-corrected chi connectivity index (χ0v) is 17.3. The van der Waals surface area contributed by atoms with Gasteiger partial charge in [-0.3, -0.25) is 14.3 Å². The summed E-state index contributed by atoms with van der Waals surface area (Å²) in [7, 11) is 0. The smallest absolute Gasteiger partial charge is 0.262 e. The van der Waals surface area contributed by atoms with E-state index in [2.05, 4.69) is 32.6 Å². The Morgan fingerprint density at radius 1 is 1.04 bits per heavy atom. The molecule has 2 heterocycles. The lowest BCUT2D eigenvalue weighted by atomic mass is 10.1. The van der Waals surface area contributed by atoms with Crippen LogP contribution in [0.3, 0.4) is 0 Å². The van der Waals surface area contributed by atoms with Gasteiger partial charge in [0.1, 0.15) is 10.7 Å². The van der Waals surface area contributed by atoms with E-state index in [1.54, 1.807) is 11.3 Å². The zero-order valence-electron chi connectivity index (χ0n) is 16.5. The highest BCUT2D eigenvalue weighted by atomic mass is 32.1. The summed E-state index contributed by atoms with van der Waals surface area (Å²) in [4.78, 5) is 22.5. The maximum atomic E-state index is 13.2. The minimum atomic E-state index is 0.157. The highest BCUT2D eigenvalue weighted by Gasteiger charge is 2.17. The summed E-state index contributed by atoms with van der Waals surface area (Å²) in [6.07, 6.45) is 6.02. The predicted molar refractivity (Wildman–Crippen MR) is 109 cm³/mol. The van der Waals surface area contributed by atoms with E-state index in [0.717, 1.165) is 54.2 Å². The Balaban J connectivity index is 2.37. The number of unbranched alkanes of at least 4 members (excludes halogenated alkanes) is 4. The molecule has 25 heavy (non-hydrogen) atoms. The molecule has 2 aromatic rings. The molecule has 0 aliphatic carbocycles. The van der Waals surface area contributed by atoms with Crippen molar-refractivity contribution in [1.82, 2.24) is 14.5 Å². The van der Waals surface area contributed by atoms with Crippen LogP contribution >= 0.6 is 11.3 Å². The monoisotopic (exact) mass is 363 g/mol. The molecule has 0 atom stereocenters. The summed E-state index contributed by atoms with van der Waals surface area (Å²) in [5, 5.41) is 0.833. The van der Waals surface area contributed by atoms with Crippen molar-refractivity contribution < 1.29 is 0 Å². The number of aromatic nitrogens is 2. The van der Waals surface area contributed by atoms with Crippen LogP contribution < -0.4 is 5.56 Å². The van der Waals surface area contributed by atoms with Crippen LogP contribution in [-0.4, -0.2) is 27.5 Å². The van der Waals surface area contributed by atoms with Gasteiger partial charge in [0, 0.05) is 11.4 Å². The molecule has 0 saturated carbocycles. The second-order valence-corrected chi connectivity index (χ2v) is 8.03. The van der Waals surface area contributed by atoms with Crippen molar-refractivity contribution in [3.8, 4) is 0 Å². The fourth-order valence-electron chi connectivity index (χ4n) is 3.24. The van der Waals surface area contributed by atoms with E-state index < -0.39 is 0 Å². The second kappa shape index (κ2) is 9.48. The van der Waals surface area contributed by atoms with Gasteiger partial charge in [0.05, 0.1) is 11.9 Å². The molecule has 0 saturated heterocycles. The average Bonchev–Trinajstić information content (AvgIpc) is 2.88. The molecule has 2 rings (SSSR count). The molecule has 140 valence electrons. The van der Waals surface area contributed by atoms with E-state index in [4.69, 9.17) is 4.98 Å². The second-order valence-electron chi connectivity index (χ2n) is 6.82. The molecular weight excluding hydrogens is 330 g/mol. The van der Waals surface area contributed by atoms with Gasteiger partial charge < -0.3 is 0 Å². The molecule has 0 aliphatic rings. The molecule has 0 bridgehead atoms. The van der Waals surface area contributed by atoms with Crippen LogP contribution in [0.2, 0.25) is 0 Å². The molecule has 0 N–H and O–H groups in total. The first kappa shape index (κ1) is 20.1. The van der Waals surface area contributed by atoms with Crippen molar-refractivity contribution in [3.63, 3.8) is 0 Å². The van der Waals surface area contributed by atoms with Gasteiger partial charge in [-0.05, 0) is 38.9 Å². The van der Waals surface area contributed by atoms with E-state index in [1.165, 1.54) is 30.6 Å². The number of fused-ring (bicyclic) bond motifs is 1. The fourth-order valence-corrected chi connectivity index (χ4v) is 4.28. The lowest BCUT2D eigenvalue weighted by Crippen LogP contribution is -2.31. The molecule has 0 fully saturated rings. The van der Waals surface area contributed by atoms with Crippen LogP contribution in [0.15, 0.2) is 4.79 Å². The maximum absolute atomic E-state index is 13.2. The molecule has 2 aromatic heterocycles. The largest absolute Gasteiger partial charge is 0.297 e. The van der Waals surface area contributed by atoms with Gasteiger partial charge in [-0.2, -0.15) is 0 Å². The Hall–Kier alpha value is -1.20. The number of aryl methyl sites for hydroxylation is 2. The van der Waals surface area contributed by atoms with Crippen LogP contribution in [0, 0.1) is 13.8 Å². The Bertz CT molecular complexity index is 743.